The SMILES string of the molecule is Cl.O=C(Nc1ccc2nc(-c3ccc(F)cc3)oc2c1)C1CCCN1. The molecule has 130 valence electrons. The first-order valence-corrected chi connectivity index (χ1v) is 7.90. The molecule has 4 rings (SSSR count). The number of fused-ring (bicyclic) bond motifs is 1. The Kier molecular flexibility index (Phi) is 5.01. The predicted molar refractivity (Wildman–Crippen MR) is 96.3 cm³/mol. The minimum Gasteiger partial charge on any atom is -0.436 e. The summed E-state index contributed by atoms with van der Waals surface area (Å²) in [5.74, 6) is 0.0800. The van der Waals surface area contributed by atoms with Gasteiger partial charge in [0.05, 0.1) is 6.04 Å². The number of nitrogens with one attached hydrogen (secondary N) is 2. The van der Waals surface area contributed by atoms with Gasteiger partial charge in [0.1, 0.15) is 11.3 Å². The van der Waals surface area contributed by atoms with Crippen molar-refractivity contribution >= 4 is 35.1 Å². The van der Waals surface area contributed by atoms with Gasteiger partial charge in [-0.15, -0.1) is 12.4 Å². The molecule has 1 saturated heterocycles. The normalized spacial score (nSPS) is 16.6. The molecule has 0 spiro atoms. The van der Waals surface area contributed by atoms with Crippen molar-refractivity contribution in [2.24, 2.45) is 0 Å². The zero-order valence-corrected chi connectivity index (χ0v) is 14.1. The molecule has 7 heteroatoms. The fourth-order valence-corrected chi connectivity index (χ4v) is 2.86. The summed E-state index contributed by atoms with van der Waals surface area (Å²) in [5.41, 5.74) is 2.63. The predicted octanol–water partition coefficient (Wildman–Crippen LogP) is 3.75. The van der Waals surface area contributed by atoms with E-state index in [0.717, 1.165) is 19.4 Å². The summed E-state index contributed by atoms with van der Waals surface area (Å²) in [7, 11) is 0. The van der Waals surface area contributed by atoms with Crippen LogP contribution < -0.4 is 10.6 Å². The molecule has 1 fully saturated rings. The number of rotatable bonds is 3. The minimum absolute atomic E-state index is 0. The van der Waals surface area contributed by atoms with Crippen molar-refractivity contribution in [3.63, 3.8) is 0 Å². The fourth-order valence-electron chi connectivity index (χ4n) is 2.86. The molecule has 1 aliphatic rings. The third-order valence-electron chi connectivity index (χ3n) is 4.12. The number of benzene rings is 2. The van der Waals surface area contributed by atoms with Crippen LogP contribution in [0.5, 0.6) is 0 Å². The molecule has 1 unspecified atom stereocenters. The van der Waals surface area contributed by atoms with Crippen molar-refractivity contribution < 1.29 is 13.6 Å². The van der Waals surface area contributed by atoms with Crippen molar-refractivity contribution in [3.05, 3.63) is 48.3 Å². The van der Waals surface area contributed by atoms with E-state index in [9.17, 15) is 9.18 Å². The van der Waals surface area contributed by atoms with E-state index in [1.165, 1.54) is 12.1 Å². The molecule has 1 atom stereocenters. The molecule has 2 aromatic carbocycles. The second-order valence-corrected chi connectivity index (χ2v) is 5.85. The number of hydrogen-bond donors (Lipinski definition) is 2. The van der Waals surface area contributed by atoms with Gasteiger partial charge in [-0.3, -0.25) is 4.79 Å². The van der Waals surface area contributed by atoms with E-state index in [-0.39, 0.29) is 30.2 Å². The van der Waals surface area contributed by atoms with Crippen LogP contribution in [-0.4, -0.2) is 23.5 Å². The van der Waals surface area contributed by atoms with Gasteiger partial charge in [0, 0.05) is 17.3 Å². The van der Waals surface area contributed by atoms with Crippen LogP contribution in [-0.2, 0) is 4.79 Å². The van der Waals surface area contributed by atoms with Crippen molar-refractivity contribution in [2.75, 3.05) is 11.9 Å². The number of amides is 1. The molecule has 1 amide bonds. The highest BCUT2D eigenvalue weighted by Gasteiger charge is 2.22. The van der Waals surface area contributed by atoms with Crippen LogP contribution in [0.2, 0.25) is 0 Å². The van der Waals surface area contributed by atoms with E-state index >= 15 is 0 Å². The van der Waals surface area contributed by atoms with Crippen molar-refractivity contribution in [1.29, 1.82) is 0 Å². The fraction of sp³-hybridized carbons (Fsp3) is 0.222. The number of hydrogen-bond acceptors (Lipinski definition) is 4. The van der Waals surface area contributed by atoms with Gasteiger partial charge in [0.25, 0.3) is 0 Å². The maximum atomic E-state index is 13.0. The molecule has 0 saturated carbocycles. The Hall–Kier alpha value is -2.44. The van der Waals surface area contributed by atoms with Gasteiger partial charge in [-0.05, 0) is 55.8 Å². The Labute approximate surface area is 150 Å². The van der Waals surface area contributed by atoms with Crippen molar-refractivity contribution in [2.45, 2.75) is 18.9 Å². The second kappa shape index (κ2) is 7.21. The largest absolute Gasteiger partial charge is 0.436 e. The van der Waals surface area contributed by atoms with Gasteiger partial charge in [0.15, 0.2) is 5.58 Å². The van der Waals surface area contributed by atoms with E-state index in [0.29, 0.717) is 28.2 Å². The molecular weight excluding hydrogens is 345 g/mol. The lowest BCUT2D eigenvalue weighted by Crippen LogP contribution is -2.35. The summed E-state index contributed by atoms with van der Waals surface area (Å²) in [5, 5.41) is 6.06. The van der Waals surface area contributed by atoms with Crippen LogP contribution in [0.4, 0.5) is 10.1 Å². The average Bonchev–Trinajstić information content (AvgIpc) is 3.24. The van der Waals surface area contributed by atoms with Crippen LogP contribution in [0.25, 0.3) is 22.6 Å². The molecule has 0 aliphatic carbocycles. The Morgan fingerprint density at radius 1 is 1.24 bits per heavy atom. The molecular formula is C18H17ClFN3O2. The first-order valence-electron chi connectivity index (χ1n) is 7.90. The Morgan fingerprint density at radius 2 is 2.04 bits per heavy atom. The molecule has 1 aromatic heterocycles. The standard InChI is InChI=1S/C18H16FN3O2.ClH/c19-12-5-3-11(4-6-12)18-22-14-8-7-13(10-16(14)24-18)21-17(23)15-2-1-9-20-15;/h3-8,10,15,20H,1-2,9H2,(H,21,23);1H. The molecule has 2 heterocycles. The molecule has 0 bridgehead atoms. The maximum absolute atomic E-state index is 13.0. The van der Waals surface area contributed by atoms with Gasteiger partial charge in [-0.2, -0.15) is 0 Å². The van der Waals surface area contributed by atoms with Crippen LogP contribution in [0, 0.1) is 5.82 Å². The number of aromatic nitrogens is 1. The van der Waals surface area contributed by atoms with Crippen LogP contribution >= 0.6 is 12.4 Å². The Bertz CT molecular complexity index is 889. The van der Waals surface area contributed by atoms with E-state index < -0.39 is 0 Å². The zero-order valence-electron chi connectivity index (χ0n) is 13.3. The number of halogens is 2. The van der Waals surface area contributed by atoms with Crippen LogP contribution in [0.3, 0.4) is 0 Å². The number of oxazole rings is 1. The van der Waals surface area contributed by atoms with Gasteiger partial charge in [-0.1, -0.05) is 0 Å². The zero-order chi connectivity index (χ0) is 16.5. The molecule has 0 radical (unpaired) electrons. The first kappa shape index (κ1) is 17.4. The lowest BCUT2D eigenvalue weighted by Gasteiger charge is -2.10. The lowest BCUT2D eigenvalue weighted by atomic mass is 10.2. The third-order valence-corrected chi connectivity index (χ3v) is 4.12. The number of nitrogens with zero attached hydrogens (tertiary/aromatic N) is 1. The van der Waals surface area contributed by atoms with Gasteiger partial charge >= 0.3 is 0 Å². The van der Waals surface area contributed by atoms with Crippen molar-refractivity contribution in [1.82, 2.24) is 10.3 Å². The summed E-state index contributed by atoms with van der Waals surface area (Å²) in [4.78, 5) is 16.6. The average molecular weight is 362 g/mol. The summed E-state index contributed by atoms with van der Waals surface area (Å²) in [6.45, 7) is 0.875. The van der Waals surface area contributed by atoms with E-state index in [2.05, 4.69) is 15.6 Å². The molecule has 2 N–H and O–H groups in total. The van der Waals surface area contributed by atoms with Gasteiger partial charge in [0.2, 0.25) is 11.8 Å². The number of carbonyl (C=O) groups is 1. The molecule has 5 nitrogen and oxygen atoms in total. The maximum Gasteiger partial charge on any atom is 0.241 e. The van der Waals surface area contributed by atoms with Gasteiger partial charge < -0.3 is 15.1 Å². The number of anilines is 1. The van der Waals surface area contributed by atoms with Crippen LogP contribution in [0.15, 0.2) is 46.9 Å². The van der Waals surface area contributed by atoms with E-state index in [1.54, 1.807) is 30.3 Å². The highest BCUT2D eigenvalue weighted by atomic mass is 35.5. The molecule has 25 heavy (non-hydrogen) atoms. The highest BCUT2D eigenvalue weighted by molar-refractivity contribution is 5.96. The van der Waals surface area contributed by atoms with Crippen LogP contribution in [0.1, 0.15) is 12.8 Å². The summed E-state index contributed by atoms with van der Waals surface area (Å²) < 4.78 is 18.8. The van der Waals surface area contributed by atoms with Gasteiger partial charge in [-0.25, -0.2) is 9.37 Å². The molecule has 1 aliphatic heterocycles. The van der Waals surface area contributed by atoms with E-state index in [1.807, 2.05) is 0 Å². The third kappa shape index (κ3) is 3.65. The summed E-state index contributed by atoms with van der Waals surface area (Å²) in [6, 6.07) is 11.2. The minimum atomic E-state index is -0.305. The smallest absolute Gasteiger partial charge is 0.241 e. The topological polar surface area (TPSA) is 67.2 Å². The molecule has 3 aromatic rings. The number of carbonyl (C=O) groups excluding carboxylic acids is 1. The quantitative estimate of drug-likeness (QED) is 0.745. The first-order chi connectivity index (χ1) is 11.7. The second-order valence-electron chi connectivity index (χ2n) is 5.85. The highest BCUT2D eigenvalue weighted by Crippen LogP contribution is 2.26. The van der Waals surface area contributed by atoms with Crippen molar-refractivity contribution in [3.8, 4) is 11.5 Å². The summed E-state index contributed by atoms with van der Waals surface area (Å²) >= 11 is 0. The summed E-state index contributed by atoms with van der Waals surface area (Å²) in [6.07, 6.45) is 1.87. The Balaban J connectivity index is 0.00000182. The lowest BCUT2D eigenvalue weighted by molar-refractivity contribution is -0.117. The Morgan fingerprint density at radius 3 is 2.76 bits per heavy atom. The van der Waals surface area contributed by atoms with E-state index in [4.69, 9.17) is 4.42 Å². The monoisotopic (exact) mass is 361 g/mol.